The van der Waals surface area contributed by atoms with Crippen molar-refractivity contribution in [3.63, 3.8) is 0 Å². The van der Waals surface area contributed by atoms with Crippen molar-refractivity contribution in [2.45, 2.75) is 44.7 Å². The summed E-state index contributed by atoms with van der Waals surface area (Å²) in [6.45, 7) is 1.71. The second-order valence-electron chi connectivity index (χ2n) is 5.37. The molecule has 1 aromatic rings. The van der Waals surface area contributed by atoms with Gasteiger partial charge in [0.2, 0.25) is 5.91 Å². The highest BCUT2D eigenvalue weighted by molar-refractivity contribution is 6.30. The van der Waals surface area contributed by atoms with Crippen molar-refractivity contribution in [2.24, 2.45) is 11.7 Å². The fraction of sp³-hybridized carbons (Fsp3) is 0.533. The molecule has 20 heavy (non-hydrogen) atoms. The summed E-state index contributed by atoms with van der Waals surface area (Å²) in [5.74, 6) is 0.387. The zero-order valence-corrected chi connectivity index (χ0v) is 13.2. The third-order valence-corrected chi connectivity index (χ3v) is 4.03. The number of benzene rings is 1. The molecule has 1 fully saturated rings. The molecule has 5 heteroatoms. The van der Waals surface area contributed by atoms with E-state index in [1.165, 1.54) is 12.8 Å². The van der Waals surface area contributed by atoms with Crippen LogP contribution in [0.25, 0.3) is 0 Å². The van der Waals surface area contributed by atoms with Crippen LogP contribution in [0.5, 0.6) is 0 Å². The maximum atomic E-state index is 11.9. The highest BCUT2D eigenvalue weighted by Gasteiger charge is 2.28. The zero-order chi connectivity index (χ0) is 13.8. The van der Waals surface area contributed by atoms with Gasteiger partial charge in [0.1, 0.15) is 0 Å². The first-order valence-electron chi connectivity index (χ1n) is 6.89. The third-order valence-electron chi connectivity index (χ3n) is 3.79. The molecule has 2 unspecified atom stereocenters. The van der Waals surface area contributed by atoms with Crippen LogP contribution in [0.15, 0.2) is 24.3 Å². The largest absolute Gasteiger partial charge is 0.348 e. The fourth-order valence-electron chi connectivity index (χ4n) is 2.75. The predicted molar refractivity (Wildman–Crippen MR) is 85.2 cm³/mol. The topological polar surface area (TPSA) is 55.1 Å². The molecule has 1 amide bonds. The molecule has 0 spiro atoms. The van der Waals surface area contributed by atoms with Crippen LogP contribution < -0.4 is 11.1 Å². The molecule has 0 bridgehead atoms. The Hall–Kier alpha value is -0.770. The Balaban J connectivity index is 0.00000200. The molecule has 2 rings (SSSR count). The third kappa shape index (κ3) is 4.37. The van der Waals surface area contributed by atoms with Crippen molar-refractivity contribution in [3.8, 4) is 0 Å². The first kappa shape index (κ1) is 17.3. The summed E-state index contributed by atoms with van der Waals surface area (Å²) in [6.07, 6.45) is 4.76. The molecular weight excluding hydrogens is 295 g/mol. The lowest BCUT2D eigenvalue weighted by atomic mass is 9.91. The van der Waals surface area contributed by atoms with E-state index in [9.17, 15) is 4.79 Å². The molecular formula is C15H22Cl2N2O. The van der Waals surface area contributed by atoms with Crippen LogP contribution in [-0.4, -0.2) is 11.9 Å². The molecule has 1 saturated carbocycles. The number of carbonyl (C=O) groups excluding carboxylic acids is 1. The van der Waals surface area contributed by atoms with Crippen molar-refractivity contribution in [3.05, 3.63) is 34.9 Å². The van der Waals surface area contributed by atoms with E-state index in [0.717, 1.165) is 18.4 Å². The van der Waals surface area contributed by atoms with Gasteiger partial charge in [-0.1, -0.05) is 36.6 Å². The minimum Gasteiger partial charge on any atom is -0.348 e. The average Bonchev–Trinajstić information content (AvgIpc) is 2.89. The summed E-state index contributed by atoms with van der Waals surface area (Å²) in [5, 5.41) is 3.78. The van der Waals surface area contributed by atoms with Crippen molar-refractivity contribution in [1.82, 2.24) is 5.32 Å². The lowest BCUT2D eigenvalue weighted by molar-refractivity contribution is -0.123. The van der Waals surface area contributed by atoms with Gasteiger partial charge >= 0.3 is 0 Å². The van der Waals surface area contributed by atoms with Gasteiger partial charge in [-0.15, -0.1) is 12.4 Å². The summed E-state index contributed by atoms with van der Waals surface area (Å²) < 4.78 is 0. The van der Waals surface area contributed by atoms with Gasteiger partial charge in [-0.05, 0) is 43.4 Å². The Morgan fingerprint density at radius 3 is 2.60 bits per heavy atom. The van der Waals surface area contributed by atoms with Crippen LogP contribution in [0.4, 0.5) is 0 Å². The predicted octanol–water partition coefficient (Wildman–Crippen LogP) is 3.46. The Kier molecular flexibility index (Phi) is 6.80. The quantitative estimate of drug-likeness (QED) is 0.893. The molecule has 0 saturated heterocycles. The molecule has 3 N–H and O–H groups in total. The van der Waals surface area contributed by atoms with Gasteiger partial charge < -0.3 is 11.1 Å². The molecule has 1 aliphatic rings. The van der Waals surface area contributed by atoms with Crippen LogP contribution in [0.2, 0.25) is 5.02 Å². The summed E-state index contributed by atoms with van der Waals surface area (Å²) in [4.78, 5) is 11.9. The summed E-state index contributed by atoms with van der Waals surface area (Å²) >= 11 is 6.06. The monoisotopic (exact) mass is 316 g/mol. The first-order chi connectivity index (χ1) is 9.08. The van der Waals surface area contributed by atoms with E-state index in [1.807, 2.05) is 24.3 Å². The van der Waals surface area contributed by atoms with Crippen LogP contribution in [0.3, 0.4) is 0 Å². The van der Waals surface area contributed by atoms with E-state index in [4.69, 9.17) is 17.3 Å². The molecule has 2 atom stereocenters. The number of halogens is 2. The van der Waals surface area contributed by atoms with Crippen LogP contribution in [0.1, 0.15) is 44.2 Å². The molecule has 112 valence electrons. The molecule has 0 radical (unpaired) electrons. The van der Waals surface area contributed by atoms with Crippen LogP contribution in [0, 0.1) is 5.92 Å². The summed E-state index contributed by atoms with van der Waals surface area (Å²) in [5.41, 5.74) is 6.73. The van der Waals surface area contributed by atoms with Gasteiger partial charge in [0, 0.05) is 5.02 Å². The van der Waals surface area contributed by atoms with E-state index in [0.29, 0.717) is 10.9 Å². The highest BCUT2D eigenvalue weighted by Crippen LogP contribution is 2.36. The Morgan fingerprint density at radius 1 is 1.40 bits per heavy atom. The molecule has 0 aromatic heterocycles. The number of nitrogens with two attached hydrogens (primary N) is 1. The van der Waals surface area contributed by atoms with E-state index in [-0.39, 0.29) is 24.4 Å². The minimum absolute atomic E-state index is 0. The van der Waals surface area contributed by atoms with Gasteiger partial charge in [0.25, 0.3) is 0 Å². The SMILES string of the molecule is CC(N)C(=O)NC(c1cccc(Cl)c1)C1CCCC1.Cl. The molecule has 1 aliphatic carbocycles. The number of amides is 1. The van der Waals surface area contributed by atoms with E-state index in [2.05, 4.69) is 5.32 Å². The summed E-state index contributed by atoms with van der Waals surface area (Å²) in [7, 11) is 0. The summed E-state index contributed by atoms with van der Waals surface area (Å²) in [6, 6.07) is 7.28. The van der Waals surface area contributed by atoms with Gasteiger partial charge in [-0.25, -0.2) is 0 Å². The standard InChI is InChI=1S/C15H21ClN2O.ClH/c1-10(17)15(19)18-14(11-5-2-3-6-11)12-7-4-8-13(16)9-12;/h4,7-11,14H,2-3,5-6,17H2,1H3,(H,18,19);1H. The zero-order valence-electron chi connectivity index (χ0n) is 11.6. The van der Waals surface area contributed by atoms with Crippen LogP contribution in [-0.2, 0) is 4.79 Å². The van der Waals surface area contributed by atoms with Gasteiger partial charge in [0.15, 0.2) is 0 Å². The Labute approximate surface area is 131 Å². The molecule has 0 heterocycles. The van der Waals surface area contributed by atoms with Crippen molar-refractivity contribution in [1.29, 1.82) is 0 Å². The van der Waals surface area contributed by atoms with Crippen LogP contribution >= 0.6 is 24.0 Å². The first-order valence-corrected chi connectivity index (χ1v) is 7.27. The minimum atomic E-state index is -0.483. The van der Waals surface area contributed by atoms with E-state index >= 15 is 0 Å². The second-order valence-corrected chi connectivity index (χ2v) is 5.81. The maximum Gasteiger partial charge on any atom is 0.237 e. The lowest BCUT2D eigenvalue weighted by Gasteiger charge is -2.26. The van der Waals surface area contributed by atoms with Gasteiger partial charge in [0.05, 0.1) is 12.1 Å². The van der Waals surface area contributed by atoms with Gasteiger partial charge in [-0.2, -0.15) is 0 Å². The number of nitrogens with one attached hydrogen (secondary N) is 1. The lowest BCUT2D eigenvalue weighted by Crippen LogP contribution is -2.42. The van der Waals surface area contributed by atoms with Gasteiger partial charge in [-0.3, -0.25) is 4.79 Å². The maximum absolute atomic E-state index is 11.9. The molecule has 0 aliphatic heterocycles. The highest BCUT2D eigenvalue weighted by atomic mass is 35.5. The van der Waals surface area contributed by atoms with E-state index in [1.54, 1.807) is 6.92 Å². The fourth-order valence-corrected chi connectivity index (χ4v) is 2.95. The number of hydrogen-bond acceptors (Lipinski definition) is 2. The number of carbonyl (C=O) groups is 1. The number of hydrogen-bond donors (Lipinski definition) is 2. The average molecular weight is 317 g/mol. The normalized spacial score (nSPS) is 18.1. The van der Waals surface area contributed by atoms with Crippen molar-refractivity contribution in [2.75, 3.05) is 0 Å². The smallest absolute Gasteiger partial charge is 0.237 e. The Bertz CT molecular complexity index is 445. The second kappa shape index (κ2) is 7.87. The molecule has 1 aromatic carbocycles. The Morgan fingerprint density at radius 2 is 2.05 bits per heavy atom. The van der Waals surface area contributed by atoms with Crippen molar-refractivity contribution >= 4 is 29.9 Å². The number of rotatable bonds is 4. The van der Waals surface area contributed by atoms with Crippen molar-refractivity contribution < 1.29 is 4.79 Å². The molecule has 3 nitrogen and oxygen atoms in total. The van der Waals surface area contributed by atoms with E-state index < -0.39 is 6.04 Å².